The van der Waals surface area contributed by atoms with Crippen molar-refractivity contribution in [2.45, 2.75) is 17.6 Å². The molecule has 0 aliphatic rings. The van der Waals surface area contributed by atoms with E-state index in [9.17, 15) is 4.79 Å². The Bertz CT molecular complexity index is 1260. The van der Waals surface area contributed by atoms with E-state index in [1.54, 1.807) is 26.4 Å². The first kappa shape index (κ1) is 24.2. The van der Waals surface area contributed by atoms with Gasteiger partial charge < -0.3 is 20.6 Å². The Hall–Kier alpha value is -3.98. The third-order valence-corrected chi connectivity index (χ3v) is 6.40. The summed E-state index contributed by atoms with van der Waals surface area (Å²) in [5, 5.41) is 11.9. The minimum absolute atomic E-state index is 0.115. The van der Waals surface area contributed by atoms with Crippen LogP contribution in [0, 0.1) is 0 Å². The van der Waals surface area contributed by atoms with Gasteiger partial charge in [-0.15, -0.1) is 10.2 Å². The normalized spacial score (nSPS) is 11.6. The quantitative estimate of drug-likeness (QED) is 0.257. The van der Waals surface area contributed by atoms with Gasteiger partial charge in [0.1, 0.15) is 0 Å². The number of hydrogen-bond donors (Lipinski definition) is 2. The van der Waals surface area contributed by atoms with Gasteiger partial charge in [0, 0.05) is 5.56 Å². The minimum atomic E-state index is -0.148. The number of nitrogens with one attached hydrogen (secondary N) is 1. The molecule has 8 nitrogen and oxygen atoms in total. The maximum absolute atomic E-state index is 12.9. The van der Waals surface area contributed by atoms with Crippen molar-refractivity contribution in [2.75, 3.05) is 25.8 Å². The van der Waals surface area contributed by atoms with Crippen LogP contribution in [0.25, 0.3) is 11.4 Å². The van der Waals surface area contributed by atoms with Gasteiger partial charge in [-0.1, -0.05) is 72.4 Å². The molecule has 9 heteroatoms. The number of hydrogen-bond acceptors (Lipinski definition) is 7. The van der Waals surface area contributed by atoms with Crippen LogP contribution in [-0.4, -0.2) is 40.8 Å². The van der Waals surface area contributed by atoms with Crippen LogP contribution >= 0.6 is 11.8 Å². The number of amides is 1. The van der Waals surface area contributed by atoms with Crippen molar-refractivity contribution in [3.05, 3.63) is 90.0 Å². The highest BCUT2D eigenvalue weighted by molar-refractivity contribution is 7.99. The smallest absolute Gasteiger partial charge is 0.230 e. The molecule has 0 aliphatic heterocycles. The van der Waals surface area contributed by atoms with E-state index >= 15 is 0 Å². The van der Waals surface area contributed by atoms with Crippen LogP contribution < -0.4 is 20.6 Å². The van der Waals surface area contributed by atoms with Crippen LogP contribution in [0.2, 0.25) is 0 Å². The lowest BCUT2D eigenvalue weighted by atomic mass is 9.99. The summed E-state index contributed by atoms with van der Waals surface area (Å²) in [5.41, 5.74) is 2.92. The molecule has 4 aromatic rings. The molecule has 35 heavy (non-hydrogen) atoms. The Balaban J connectivity index is 1.44. The molecule has 0 aliphatic carbocycles. The Labute approximate surface area is 208 Å². The van der Waals surface area contributed by atoms with Gasteiger partial charge in [-0.3, -0.25) is 4.79 Å². The van der Waals surface area contributed by atoms with E-state index < -0.39 is 0 Å². The highest BCUT2D eigenvalue weighted by atomic mass is 32.2. The van der Waals surface area contributed by atoms with Gasteiger partial charge in [-0.25, -0.2) is 4.68 Å². The third kappa shape index (κ3) is 5.93. The SMILES string of the molecule is COc1ccc(-c2nnc(SCC(=O)NC(Cc3ccccc3)c3ccccc3)n2N)cc1OC. The van der Waals surface area contributed by atoms with Crippen LogP contribution in [0.3, 0.4) is 0 Å². The number of rotatable bonds is 10. The molecule has 0 radical (unpaired) electrons. The number of nitrogens with two attached hydrogens (primary N) is 1. The molecular formula is C26H27N5O3S. The first-order valence-electron chi connectivity index (χ1n) is 11.0. The monoisotopic (exact) mass is 489 g/mol. The molecule has 1 aromatic heterocycles. The largest absolute Gasteiger partial charge is 0.493 e. The lowest BCUT2D eigenvalue weighted by Gasteiger charge is -2.19. The van der Waals surface area contributed by atoms with Crippen LogP contribution in [0.1, 0.15) is 17.2 Å². The first-order chi connectivity index (χ1) is 17.1. The van der Waals surface area contributed by atoms with Crippen molar-refractivity contribution in [3.8, 4) is 22.9 Å². The average Bonchev–Trinajstić information content (AvgIpc) is 3.27. The maximum atomic E-state index is 12.9. The highest BCUT2D eigenvalue weighted by Gasteiger charge is 2.18. The third-order valence-electron chi connectivity index (χ3n) is 5.46. The molecule has 3 N–H and O–H groups in total. The summed E-state index contributed by atoms with van der Waals surface area (Å²) in [4.78, 5) is 12.9. The number of benzene rings is 3. The summed E-state index contributed by atoms with van der Waals surface area (Å²) in [6.45, 7) is 0. The Morgan fingerprint density at radius 2 is 1.66 bits per heavy atom. The van der Waals surface area contributed by atoms with Crippen molar-refractivity contribution < 1.29 is 14.3 Å². The lowest BCUT2D eigenvalue weighted by molar-refractivity contribution is -0.119. The number of thioether (sulfide) groups is 1. The number of nitrogens with zero attached hydrogens (tertiary/aromatic N) is 3. The zero-order chi connectivity index (χ0) is 24.6. The number of methoxy groups -OCH3 is 2. The number of nitrogen functional groups attached to an aromatic ring is 1. The topological polar surface area (TPSA) is 104 Å². The molecular weight excluding hydrogens is 462 g/mol. The van der Waals surface area contributed by atoms with E-state index in [1.165, 1.54) is 16.4 Å². The Morgan fingerprint density at radius 3 is 2.34 bits per heavy atom. The van der Waals surface area contributed by atoms with Gasteiger partial charge in [0.2, 0.25) is 11.1 Å². The predicted molar refractivity (Wildman–Crippen MR) is 137 cm³/mol. The first-order valence-corrected chi connectivity index (χ1v) is 12.0. The van der Waals surface area contributed by atoms with Crippen molar-refractivity contribution in [2.24, 2.45) is 0 Å². The lowest BCUT2D eigenvalue weighted by Crippen LogP contribution is -2.31. The highest BCUT2D eigenvalue weighted by Crippen LogP contribution is 2.32. The summed E-state index contributed by atoms with van der Waals surface area (Å²) in [6.07, 6.45) is 0.692. The zero-order valence-corrected chi connectivity index (χ0v) is 20.4. The maximum Gasteiger partial charge on any atom is 0.230 e. The van der Waals surface area contributed by atoms with Crippen molar-refractivity contribution in [3.63, 3.8) is 0 Å². The molecule has 0 saturated heterocycles. The van der Waals surface area contributed by atoms with Crippen LogP contribution in [0.4, 0.5) is 0 Å². The van der Waals surface area contributed by atoms with Gasteiger partial charge in [0.25, 0.3) is 0 Å². The average molecular weight is 490 g/mol. The Kier molecular flexibility index (Phi) is 7.89. The minimum Gasteiger partial charge on any atom is -0.493 e. The second-order valence-corrected chi connectivity index (χ2v) is 8.70. The van der Waals surface area contributed by atoms with E-state index in [4.69, 9.17) is 15.3 Å². The molecule has 3 aromatic carbocycles. The van der Waals surface area contributed by atoms with Crippen LogP contribution in [0.15, 0.2) is 84.0 Å². The van der Waals surface area contributed by atoms with Crippen molar-refractivity contribution in [1.29, 1.82) is 0 Å². The zero-order valence-electron chi connectivity index (χ0n) is 19.5. The van der Waals surface area contributed by atoms with Gasteiger partial charge in [-0.05, 0) is 35.7 Å². The van der Waals surface area contributed by atoms with E-state index in [1.807, 2.05) is 54.6 Å². The second-order valence-electron chi connectivity index (χ2n) is 7.76. The predicted octanol–water partition coefficient (Wildman–Crippen LogP) is 3.87. The number of carbonyl (C=O) groups excluding carboxylic acids is 1. The van der Waals surface area contributed by atoms with E-state index in [0.717, 1.165) is 16.7 Å². The standard InChI is InChI=1S/C26H27N5O3S/c1-33-22-14-13-20(16-23(22)34-2)25-29-30-26(31(25)27)35-17-24(32)28-21(19-11-7-4-8-12-19)15-18-9-5-3-6-10-18/h3-14,16,21H,15,17,27H2,1-2H3,(H,28,32). The van der Waals surface area contributed by atoms with Gasteiger partial charge in [0.15, 0.2) is 17.3 Å². The summed E-state index contributed by atoms with van der Waals surface area (Å²) in [5.74, 6) is 7.91. The summed E-state index contributed by atoms with van der Waals surface area (Å²) < 4.78 is 12.0. The van der Waals surface area contributed by atoms with Crippen LogP contribution in [0.5, 0.6) is 11.5 Å². The molecule has 0 saturated carbocycles. The molecule has 4 rings (SSSR count). The van der Waals surface area contributed by atoms with E-state index in [2.05, 4.69) is 27.6 Å². The molecule has 1 unspecified atom stereocenters. The molecule has 1 heterocycles. The molecule has 0 fully saturated rings. The molecule has 0 spiro atoms. The Morgan fingerprint density at radius 1 is 0.971 bits per heavy atom. The second kappa shape index (κ2) is 11.4. The number of aromatic nitrogens is 3. The molecule has 1 amide bonds. The molecule has 0 bridgehead atoms. The van der Waals surface area contributed by atoms with Crippen molar-refractivity contribution in [1.82, 2.24) is 20.2 Å². The molecule has 1 atom stereocenters. The fourth-order valence-electron chi connectivity index (χ4n) is 3.70. The van der Waals surface area contributed by atoms with Gasteiger partial charge in [0.05, 0.1) is 26.0 Å². The van der Waals surface area contributed by atoms with Gasteiger partial charge >= 0.3 is 0 Å². The van der Waals surface area contributed by atoms with Crippen LogP contribution in [-0.2, 0) is 11.2 Å². The van der Waals surface area contributed by atoms with E-state index in [0.29, 0.717) is 28.9 Å². The fourth-order valence-corrected chi connectivity index (χ4v) is 4.37. The number of carbonyl (C=O) groups is 1. The molecule has 180 valence electrons. The fraction of sp³-hybridized carbons (Fsp3) is 0.192. The summed E-state index contributed by atoms with van der Waals surface area (Å²) in [7, 11) is 3.14. The van der Waals surface area contributed by atoms with E-state index in [-0.39, 0.29) is 17.7 Å². The van der Waals surface area contributed by atoms with Crippen molar-refractivity contribution >= 4 is 17.7 Å². The summed E-state index contributed by atoms with van der Waals surface area (Å²) in [6, 6.07) is 25.3. The van der Waals surface area contributed by atoms with Gasteiger partial charge in [-0.2, -0.15) is 0 Å². The number of ether oxygens (including phenoxy) is 2. The summed E-state index contributed by atoms with van der Waals surface area (Å²) >= 11 is 1.23.